The summed E-state index contributed by atoms with van der Waals surface area (Å²) < 4.78 is 30.4. The fourth-order valence-electron chi connectivity index (χ4n) is 5.34. The minimum absolute atomic E-state index is 0. The van der Waals surface area contributed by atoms with Gasteiger partial charge in [0.25, 0.3) is 6.47 Å². The summed E-state index contributed by atoms with van der Waals surface area (Å²) in [6, 6.07) is 17.5. The van der Waals surface area contributed by atoms with Crippen LogP contribution in [0.15, 0.2) is 70.0 Å². The fourth-order valence-corrected chi connectivity index (χ4v) is 6.96. The molecule has 0 aliphatic carbocycles. The van der Waals surface area contributed by atoms with E-state index < -0.39 is 23.9 Å². The zero-order chi connectivity index (χ0) is 43.5. The molecule has 0 amide bonds. The molecule has 0 radical (unpaired) electrons. The van der Waals surface area contributed by atoms with E-state index in [1.807, 2.05) is 32.0 Å². The molecule has 0 saturated carbocycles. The van der Waals surface area contributed by atoms with E-state index in [1.54, 1.807) is 56.7 Å². The maximum atomic E-state index is 11.9. The number of carbonyl (C=O) groups is 7. The minimum atomic E-state index is -0.630. The van der Waals surface area contributed by atoms with Crippen LogP contribution in [0.4, 0.5) is 0 Å². The third-order valence-electron chi connectivity index (χ3n) is 8.54. The van der Waals surface area contributed by atoms with Gasteiger partial charge >= 0.3 is 139 Å². The van der Waals surface area contributed by atoms with Gasteiger partial charge in [-0.3, -0.25) is 14.4 Å². The van der Waals surface area contributed by atoms with E-state index in [0.29, 0.717) is 70.6 Å². The first kappa shape index (κ1) is 60.4. The summed E-state index contributed by atoms with van der Waals surface area (Å²) in [6.45, 7) is 4.44. The average molecular weight is 1010 g/mol. The standard InChI is InChI=1S/C20H20O6S.C12H5BrO3.C8H16O3S.CH2O3.CH4.2K.H/c1-12(24-2)8-10-25-17(21)9-11-27-16-7-6-15-18-13(16)4-3-5-14(18)19(22)26-20(15)23;13-9-5-4-8-10-6(9)2-1-3-7(10)11(14)16-12(8)15;1-7(10-2)3-5-11-8(9)4-6-12;2-1-4-3;;;;/h3-7,12H,8-11H2,1-2H3;1-5H;7,12H,3-6H2,1-2H3;1,3H;1H4;;;/q;;;;;2*+1;-1/p-1. The molecular formula is C42H47BrK2O15S2. The number of benzene rings is 4. The number of rotatable bonds is 15. The van der Waals surface area contributed by atoms with Crippen LogP contribution < -0.4 is 108 Å². The third kappa shape index (κ3) is 18.4. The number of cyclic esters (lactones) is 4. The molecule has 326 valence electrons. The normalized spacial score (nSPS) is 12.6. The molecule has 2 atom stereocenters. The number of hydrogen-bond donors (Lipinski definition) is 1. The van der Waals surface area contributed by atoms with Crippen LogP contribution in [0.25, 0.3) is 21.5 Å². The van der Waals surface area contributed by atoms with Crippen LogP contribution in [0, 0.1) is 0 Å². The first-order valence-electron chi connectivity index (χ1n) is 17.9. The van der Waals surface area contributed by atoms with Crippen molar-refractivity contribution in [1.29, 1.82) is 0 Å². The first-order chi connectivity index (χ1) is 28.3. The van der Waals surface area contributed by atoms with E-state index in [0.717, 1.165) is 26.6 Å². The van der Waals surface area contributed by atoms with Gasteiger partial charge in [-0.15, -0.1) is 11.8 Å². The van der Waals surface area contributed by atoms with Crippen LogP contribution in [-0.2, 0) is 47.7 Å². The van der Waals surface area contributed by atoms with Crippen LogP contribution in [-0.4, -0.2) is 93.4 Å². The Hall–Kier alpha value is -1.58. The molecular weight excluding hydrogens is 967 g/mol. The van der Waals surface area contributed by atoms with Crippen molar-refractivity contribution in [2.75, 3.05) is 38.9 Å². The van der Waals surface area contributed by atoms with Crippen molar-refractivity contribution in [2.24, 2.45) is 0 Å². The van der Waals surface area contributed by atoms with Gasteiger partial charge in [0.05, 0.1) is 60.5 Å². The number of thioether (sulfide) groups is 1. The Balaban J connectivity index is 0. The van der Waals surface area contributed by atoms with Crippen LogP contribution in [0.1, 0.15) is 89.8 Å². The Bertz CT molecular complexity index is 2120. The predicted octanol–water partition coefficient (Wildman–Crippen LogP) is 0.980. The summed E-state index contributed by atoms with van der Waals surface area (Å²) >= 11 is 8.80. The SMILES string of the molecule is C.COC(C)CCOC(=O)CCS.COC(C)CCOC(=O)CCSc1ccc2c3c(cccc13)C(=O)OC2=O.O=C1OC(=O)c2ccc(Br)c3cccc1c23.O=CO[O-].[H-].[K+].[K+]. The molecule has 6 rings (SSSR count). The van der Waals surface area contributed by atoms with Crippen LogP contribution in [0.5, 0.6) is 0 Å². The summed E-state index contributed by atoms with van der Waals surface area (Å²) in [5.41, 5.74) is 1.65. The Kier molecular flexibility index (Phi) is 31.3. The van der Waals surface area contributed by atoms with Gasteiger partial charge in [-0.1, -0.05) is 47.6 Å². The molecule has 4 aromatic rings. The summed E-state index contributed by atoms with van der Waals surface area (Å²) in [5, 5.41) is 11.4. The molecule has 4 aromatic carbocycles. The van der Waals surface area contributed by atoms with E-state index in [1.165, 1.54) is 11.8 Å². The monoisotopic (exact) mass is 1010 g/mol. The minimum Gasteiger partial charge on any atom is -1.00 e. The van der Waals surface area contributed by atoms with E-state index in [2.05, 4.69) is 38.2 Å². The van der Waals surface area contributed by atoms with Gasteiger partial charge in [-0.05, 0) is 61.0 Å². The molecule has 0 spiro atoms. The summed E-state index contributed by atoms with van der Waals surface area (Å²) in [5.74, 6) is -1.79. The summed E-state index contributed by atoms with van der Waals surface area (Å²) in [4.78, 5) is 81.8. The molecule has 2 heterocycles. The largest absolute Gasteiger partial charge is 1.00 e. The molecule has 15 nitrogen and oxygen atoms in total. The molecule has 0 bridgehead atoms. The number of carbonyl (C=O) groups excluding carboxylic acids is 7. The number of methoxy groups -OCH3 is 2. The van der Waals surface area contributed by atoms with Crippen LogP contribution >= 0.6 is 40.3 Å². The van der Waals surface area contributed by atoms with E-state index in [4.69, 9.17) is 33.7 Å². The second-order valence-electron chi connectivity index (χ2n) is 12.4. The Morgan fingerprint density at radius 1 is 0.742 bits per heavy atom. The molecule has 2 unspecified atom stereocenters. The average Bonchev–Trinajstić information content (AvgIpc) is 3.23. The quantitative estimate of drug-likeness (QED) is 0.0203. The van der Waals surface area contributed by atoms with Gasteiger partial charge in [0, 0.05) is 58.7 Å². The summed E-state index contributed by atoms with van der Waals surface area (Å²) in [7, 11) is 3.26. The maximum Gasteiger partial charge on any atom is 1.00 e. The smallest absolute Gasteiger partial charge is 1.00 e. The van der Waals surface area contributed by atoms with E-state index in [9.17, 15) is 28.8 Å². The summed E-state index contributed by atoms with van der Waals surface area (Å²) in [6.07, 6.45) is 2.26. The molecule has 0 saturated heterocycles. The molecule has 0 aromatic heterocycles. The fraction of sp³-hybridized carbons (Fsp3) is 0.357. The molecule has 2 aliphatic heterocycles. The number of thiol groups is 1. The molecule has 0 fully saturated rings. The topological polar surface area (TPSA) is 207 Å². The Labute approximate surface area is 464 Å². The third-order valence-corrected chi connectivity index (χ3v) is 10.5. The first-order valence-corrected chi connectivity index (χ1v) is 20.3. The van der Waals surface area contributed by atoms with E-state index in [-0.39, 0.29) is 149 Å². The van der Waals surface area contributed by atoms with Crippen LogP contribution in [0.3, 0.4) is 0 Å². The zero-order valence-electron chi connectivity index (χ0n) is 35.5. The van der Waals surface area contributed by atoms with Gasteiger partial charge in [-0.2, -0.15) is 12.6 Å². The van der Waals surface area contributed by atoms with Crippen molar-refractivity contribution < 1.29 is 176 Å². The second-order valence-corrected chi connectivity index (χ2v) is 14.8. The van der Waals surface area contributed by atoms with Crippen LogP contribution in [0.2, 0.25) is 0 Å². The van der Waals surface area contributed by atoms with Crippen molar-refractivity contribution in [3.05, 3.63) is 87.4 Å². The molecule has 0 N–H and O–H groups in total. The van der Waals surface area contributed by atoms with E-state index >= 15 is 0 Å². The maximum absolute atomic E-state index is 11.9. The Morgan fingerprint density at radius 3 is 1.61 bits per heavy atom. The molecule has 2 aliphatic rings. The second kappa shape index (κ2) is 32.2. The number of esters is 6. The predicted molar refractivity (Wildman–Crippen MR) is 228 cm³/mol. The molecule has 20 heteroatoms. The molecule has 62 heavy (non-hydrogen) atoms. The van der Waals surface area contributed by atoms with Crippen molar-refractivity contribution in [2.45, 2.75) is 64.1 Å². The van der Waals surface area contributed by atoms with Gasteiger partial charge in [-0.25, -0.2) is 19.2 Å². The van der Waals surface area contributed by atoms with Crippen molar-refractivity contribution in [3.63, 3.8) is 0 Å². The van der Waals surface area contributed by atoms with Gasteiger partial charge in [0.1, 0.15) is 0 Å². The van der Waals surface area contributed by atoms with Gasteiger partial charge < -0.3 is 40.0 Å². The van der Waals surface area contributed by atoms with Gasteiger partial charge in [0.15, 0.2) is 0 Å². The van der Waals surface area contributed by atoms with Crippen molar-refractivity contribution >= 4 is 104 Å². The number of hydrogen-bond acceptors (Lipinski definition) is 17. The number of halogens is 1. The zero-order valence-corrected chi connectivity index (χ0v) is 44.1. The van der Waals surface area contributed by atoms with Crippen molar-refractivity contribution in [3.8, 4) is 0 Å². The Morgan fingerprint density at radius 2 is 1.16 bits per heavy atom. The van der Waals surface area contributed by atoms with Gasteiger partial charge in [0.2, 0.25) is 0 Å². The number of ether oxygens (including phenoxy) is 6. The van der Waals surface area contributed by atoms with Crippen molar-refractivity contribution in [1.82, 2.24) is 0 Å².